The molecule has 2 fully saturated rings. The Balaban J connectivity index is 1.31. The van der Waals surface area contributed by atoms with E-state index in [1.165, 1.54) is 10.5 Å². The molecule has 0 amide bonds. The lowest BCUT2D eigenvalue weighted by molar-refractivity contribution is 0.110. The Morgan fingerprint density at radius 1 is 0.975 bits per heavy atom. The fourth-order valence-electron chi connectivity index (χ4n) is 5.73. The first-order chi connectivity index (χ1) is 19.3. The summed E-state index contributed by atoms with van der Waals surface area (Å²) < 4.78 is 68.7. The highest BCUT2D eigenvalue weighted by molar-refractivity contribution is 7.89. The molecule has 12 heteroatoms. The summed E-state index contributed by atoms with van der Waals surface area (Å²) in [4.78, 5) is 15.6. The average Bonchev–Trinajstić information content (AvgIpc) is 3.50. The molecule has 1 aliphatic carbocycles. The number of halogens is 2. The van der Waals surface area contributed by atoms with Crippen LogP contribution in [-0.2, 0) is 16.4 Å². The van der Waals surface area contributed by atoms with Crippen molar-refractivity contribution < 1.29 is 26.7 Å². The summed E-state index contributed by atoms with van der Waals surface area (Å²) in [6.07, 6.45) is 4.67. The smallest absolute Gasteiger partial charge is 0.316 e. The van der Waals surface area contributed by atoms with Gasteiger partial charge in [-0.3, -0.25) is 4.79 Å². The summed E-state index contributed by atoms with van der Waals surface area (Å²) in [5, 5.41) is 3.88. The molecule has 3 heterocycles. The van der Waals surface area contributed by atoms with Gasteiger partial charge in [0.15, 0.2) is 0 Å². The third-order valence-electron chi connectivity index (χ3n) is 7.80. The number of ether oxygens (including phenoxy) is 2. The Bertz CT molecular complexity index is 1550. The maximum absolute atomic E-state index is 14.0. The van der Waals surface area contributed by atoms with Crippen LogP contribution in [-0.4, -0.2) is 66.6 Å². The van der Waals surface area contributed by atoms with Crippen LogP contribution in [0.4, 0.5) is 14.5 Å². The van der Waals surface area contributed by atoms with Crippen molar-refractivity contribution in [2.24, 2.45) is 0 Å². The topological polar surface area (TPSA) is 94.0 Å². The molecule has 0 N–H and O–H groups in total. The van der Waals surface area contributed by atoms with E-state index in [4.69, 9.17) is 9.47 Å². The molecular weight excluding hydrogens is 542 g/mol. The van der Waals surface area contributed by atoms with Crippen LogP contribution in [0.2, 0.25) is 0 Å². The first kappa shape index (κ1) is 26.7. The van der Waals surface area contributed by atoms with E-state index < -0.39 is 33.3 Å². The first-order valence-corrected chi connectivity index (χ1v) is 15.0. The lowest BCUT2D eigenvalue weighted by Gasteiger charge is -2.37. The number of fused-ring (bicyclic) bond motifs is 1. The molecular formula is C28H30F2N4O5S. The van der Waals surface area contributed by atoms with Gasteiger partial charge in [-0.05, 0) is 36.6 Å². The van der Waals surface area contributed by atoms with Gasteiger partial charge in [0, 0.05) is 38.7 Å². The van der Waals surface area contributed by atoms with Crippen molar-refractivity contribution in [2.45, 2.75) is 43.5 Å². The quantitative estimate of drug-likeness (QED) is 0.448. The van der Waals surface area contributed by atoms with Crippen molar-refractivity contribution in [3.63, 3.8) is 0 Å². The molecule has 9 nitrogen and oxygen atoms in total. The number of rotatable bonds is 6. The Labute approximate surface area is 231 Å². The Morgan fingerprint density at radius 2 is 1.68 bits per heavy atom. The lowest BCUT2D eigenvalue weighted by atomic mass is 10.0. The van der Waals surface area contributed by atoms with Crippen molar-refractivity contribution >= 4 is 15.7 Å². The van der Waals surface area contributed by atoms with Gasteiger partial charge < -0.3 is 14.4 Å². The Morgan fingerprint density at radius 3 is 2.40 bits per heavy atom. The van der Waals surface area contributed by atoms with Crippen LogP contribution in [0.25, 0.3) is 5.69 Å². The van der Waals surface area contributed by atoms with Gasteiger partial charge in [0.05, 0.1) is 17.1 Å². The van der Waals surface area contributed by atoms with Gasteiger partial charge in [0.25, 0.3) is 0 Å². The largest absolute Gasteiger partial charge is 0.489 e. The molecule has 1 atom stereocenters. The Kier molecular flexibility index (Phi) is 7.22. The molecule has 40 heavy (non-hydrogen) atoms. The van der Waals surface area contributed by atoms with Crippen molar-refractivity contribution in [3.05, 3.63) is 76.2 Å². The number of benzene rings is 2. The molecule has 0 bridgehead atoms. The number of hydrogen-bond acceptors (Lipinski definition) is 7. The second-order valence-electron chi connectivity index (χ2n) is 10.4. The van der Waals surface area contributed by atoms with E-state index in [9.17, 15) is 22.0 Å². The summed E-state index contributed by atoms with van der Waals surface area (Å²) in [6.45, 7) is 1.44. The molecule has 2 aromatic carbocycles. The number of anilines is 1. The minimum Gasteiger partial charge on any atom is -0.489 e. The van der Waals surface area contributed by atoms with E-state index in [0.29, 0.717) is 38.0 Å². The second kappa shape index (κ2) is 10.8. The predicted octanol–water partition coefficient (Wildman–Crippen LogP) is 3.29. The van der Waals surface area contributed by atoms with E-state index in [-0.39, 0.29) is 36.4 Å². The van der Waals surface area contributed by atoms with Gasteiger partial charge in [-0.15, -0.1) is 0 Å². The maximum atomic E-state index is 14.0. The highest BCUT2D eigenvalue weighted by atomic mass is 32.2. The van der Waals surface area contributed by atoms with Gasteiger partial charge in [-0.2, -0.15) is 14.1 Å². The second-order valence-corrected chi connectivity index (χ2v) is 12.6. The molecule has 0 spiro atoms. The van der Waals surface area contributed by atoms with Crippen LogP contribution in [0.1, 0.15) is 31.2 Å². The fourth-order valence-corrected chi connectivity index (χ4v) is 7.76. The summed E-state index contributed by atoms with van der Waals surface area (Å²) in [6, 6.07) is 10.3. The zero-order chi connectivity index (χ0) is 27.9. The van der Waals surface area contributed by atoms with Gasteiger partial charge >= 0.3 is 5.56 Å². The summed E-state index contributed by atoms with van der Waals surface area (Å²) in [5.74, 6) is -0.955. The third-order valence-corrected chi connectivity index (χ3v) is 10.2. The number of aromatic nitrogens is 2. The fraction of sp³-hybridized carbons (Fsp3) is 0.429. The van der Waals surface area contributed by atoms with E-state index >= 15 is 0 Å². The predicted molar refractivity (Wildman–Crippen MR) is 145 cm³/mol. The Hall–Kier alpha value is -3.51. The molecule has 0 radical (unpaired) electrons. The van der Waals surface area contributed by atoms with Crippen molar-refractivity contribution in [2.75, 3.05) is 37.7 Å². The number of sulfonamides is 1. The van der Waals surface area contributed by atoms with Gasteiger partial charge in [0.2, 0.25) is 15.8 Å². The molecule has 3 aromatic rings. The van der Waals surface area contributed by atoms with Crippen LogP contribution in [0, 0.1) is 11.6 Å². The highest BCUT2D eigenvalue weighted by Crippen LogP contribution is 2.32. The average molecular weight is 573 g/mol. The van der Waals surface area contributed by atoms with Crippen LogP contribution < -0.4 is 19.9 Å². The highest BCUT2D eigenvalue weighted by Gasteiger charge is 2.36. The molecule has 3 aliphatic rings. The lowest BCUT2D eigenvalue weighted by Crippen LogP contribution is -2.51. The molecule has 1 saturated heterocycles. The summed E-state index contributed by atoms with van der Waals surface area (Å²) in [5.41, 5.74) is 0.585. The number of piperazine rings is 1. The number of para-hydroxylation sites is 1. The normalized spacial score (nSPS) is 20.2. The van der Waals surface area contributed by atoms with Crippen molar-refractivity contribution in [1.29, 1.82) is 0 Å². The standard InChI is InChI=1S/C28H30F2N4O5S/c29-20-14-21(30)16-22(15-20)34-28(35)27(39-23-13-19-5-1-4-8-26(19)38-18-23)25(17-31-34)32-9-11-33(12-10-32)40(36,37)24-6-2-3-7-24/h1,4-5,8,14-17,23-24H,2-3,6-7,9-13,18H2. The zero-order valence-corrected chi connectivity index (χ0v) is 22.7. The van der Waals surface area contributed by atoms with Crippen LogP contribution in [0.15, 0.2) is 53.5 Å². The molecule has 2 aliphatic heterocycles. The van der Waals surface area contributed by atoms with Gasteiger partial charge in [0.1, 0.15) is 35.8 Å². The first-order valence-electron chi connectivity index (χ1n) is 13.5. The minimum absolute atomic E-state index is 0.0280. The monoisotopic (exact) mass is 572 g/mol. The van der Waals surface area contributed by atoms with Crippen LogP contribution in [0.5, 0.6) is 11.5 Å². The zero-order valence-electron chi connectivity index (χ0n) is 21.8. The molecule has 6 rings (SSSR count). The molecule has 1 saturated carbocycles. The van der Waals surface area contributed by atoms with Crippen molar-refractivity contribution in [3.8, 4) is 17.2 Å². The van der Waals surface area contributed by atoms with Gasteiger partial charge in [-0.25, -0.2) is 17.2 Å². The van der Waals surface area contributed by atoms with Gasteiger partial charge in [-0.1, -0.05) is 31.0 Å². The van der Waals surface area contributed by atoms with Crippen molar-refractivity contribution in [1.82, 2.24) is 14.1 Å². The summed E-state index contributed by atoms with van der Waals surface area (Å²) >= 11 is 0. The van der Waals surface area contributed by atoms with E-state index in [1.54, 1.807) is 0 Å². The van der Waals surface area contributed by atoms with Crippen LogP contribution in [0.3, 0.4) is 0 Å². The molecule has 1 aromatic heterocycles. The third kappa shape index (κ3) is 5.17. The molecule has 212 valence electrons. The van der Waals surface area contributed by atoms with E-state index in [0.717, 1.165) is 47.0 Å². The van der Waals surface area contributed by atoms with E-state index in [2.05, 4.69) is 5.10 Å². The summed E-state index contributed by atoms with van der Waals surface area (Å²) in [7, 11) is -3.38. The SMILES string of the molecule is O=c1c(OC2COc3ccccc3C2)c(N2CCN(S(=O)(=O)C3CCCC3)CC2)cnn1-c1cc(F)cc(F)c1. The number of nitrogens with zero attached hydrogens (tertiary/aromatic N) is 4. The van der Waals surface area contributed by atoms with E-state index in [1.807, 2.05) is 29.2 Å². The van der Waals surface area contributed by atoms with Crippen LogP contribution >= 0.6 is 0 Å². The molecule has 1 unspecified atom stereocenters. The maximum Gasteiger partial charge on any atom is 0.316 e. The number of hydrogen-bond donors (Lipinski definition) is 0. The minimum atomic E-state index is -3.38.